The molecule has 12 nitrogen and oxygen atoms in total. The van der Waals surface area contributed by atoms with Crippen LogP contribution in [0.5, 0.6) is 5.75 Å². The van der Waals surface area contributed by atoms with Gasteiger partial charge >= 0.3 is 0 Å². The second kappa shape index (κ2) is 18.0. The number of primary amides is 1. The first kappa shape index (κ1) is 44.4. The number of aromatic hydroxyl groups is 1. The van der Waals surface area contributed by atoms with E-state index in [-0.39, 0.29) is 30.0 Å². The molecule has 324 valence electrons. The Balaban J connectivity index is 1.00. The summed E-state index contributed by atoms with van der Waals surface area (Å²) in [5.74, 6) is -9.73. The second-order valence-electron chi connectivity index (χ2n) is 16.9. The number of Topliss-reactive ketones (excluding diaryl/α,β-unsaturated/α-hetero) is 2. The van der Waals surface area contributed by atoms with E-state index in [2.05, 4.69) is 96.3 Å². The number of aliphatic hydroxyl groups is 4. The van der Waals surface area contributed by atoms with Crippen molar-refractivity contribution in [1.82, 2.24) is 10.2 Å². The van der Waals surface area contributed by atoms with Gasteiger partial charge in [-0.05, 0) is 81.2 Å². The number of hydrogen-bond donors (Lipinski definition) is 7. The van der Waals surface area contributed by atoms with Gasteiger partial charge in [0, 0.05) is 30.0 Å². The first-order chi connectivity index (χ1) is 29.7. The van der Waals surface area contributed by atoms with Crippen LogP contribution in [0.25, 0.3) is 5.76 Å². The molecule has 1 fully saturated rings. The molecule has 0 saturated heterocycles. The van der Waals surface area contributed by atoms with Crippen molar-refractivity contribution in [2.45, 2.75) is 75.7 Å². The highest BCUT2D eigenvalue weighted by molar-refractivity contribution is 7.95. The summed E-state index contributed by atoms with van der Waals surface area (Å²) in [7, 11) is 1.01. The molecule has 2 amide bonds. The highest BCUT2D eigenvalue weighted by Gasteiger charge is 2.68. The van der Waals surface area contributed by atoms with Crippen molar-refractivity contribution in [3.63, 3.8) is 0 Å². The predicted molar refractivity (Wildman–Crippen MR) is 240 cm³/mol. The smallest absolute Gasteiger partial charge is 0.255 e. The van der Waals surface area contributed by atoms with E-state index in [9.17, 15) is 44.7 Å². The van der Waals surface area contributed by atoms with Crippen molar-refractivity contribution in [2.24, 2.45) is 17.6 Å². The van der Waals surface area contributed by atoms with Crippen LogP contribution < -0.4 is 27.0 Å². The monoisotopic (exact) mass is 860 g/mol. The lowest BCUT2D eigenvalue weighted by Crippen LogP contribution is -2.70. The van der Waals surface area contributed by atoms with Crippen LogP contribution in [0.4, 0.5) is 0 Å². The predicted octanol–water partition coefficient (Wildman–Crippen LogP) is 4.45. The quantitative estimate of drug-likeness (QED) is 0.0508. The fraction of sp³-hybridized carbons (Fsp3) is 0.347. The summed E-state index contributed by atoms with van der Waals surface area (Å²) in [6.07, 6.45) is 4.20. The lowest BCUT2D eigenvalue weighted by Gasteiger charge is -2.53. The molecule has 13 heteroatoms. The maximum atomic E-state index is 14.3. The molecule has 62 heavy (non-hydrogen) atoms. The molecule has 0 bridgehead atoms. The lowest BCUT2D eigenvalue weighted by atomic mass is 9.54. The Kier molecular flexibility index (Phi) is 12.9. The second-order valence-corrected chi connectivity index (χ2v) is 20.5. The maximum Gasteiger partial charge on any atom is 0.255 e. The van der Waals surface area contributed by atoms with Crippen molar-refractivity contribution in [3.05, 3.63) is 137 Å². The van der Waals surface area contributed by atoms with Crippen LogP contribution in [0.15, 0.2) is 120 Å². The van der Waals surface area contributed by atoms with E-state index in [1.807, 2.05) is 0 Å². The summed E-state index contributed by atoms with van der Waals surface area (Å²) in [6.45, 7) is 1.59. The molecule has 1 saturated carbocycles. The van der Waals surface area contributed by atoms with E-state index in [0.717, 1.165) is 31.8 Å². The largest absolute Gasteiger partial charge is 0.508 e. The molecule has 8 N–H and O–H groups in total. The molecule has 7 rings (SSSR count). The Bertz CT molecular complexity index is 2320. The highest BCUT2D eigenvalue weighted by atomic mass is 31.2. The molecule has 0 unspecified atom stereocenters. The van der Waals surface area contributed by atoms with Crippen molar-refractivity contribution in [1.29, 1.82) is 0 Å². The fourth-order valence-corrected chi connectivity index (χ4v) is 14.5. The number of aliphatic hydroxyl groups excluding tert-OH is 3. The number of ketones is 2. The van der Waals surface area contributed by atoms with E-state index < -0.39 is 88.7 Å². The average Bonchev–Trinajstić information content (AvgIpc) is 3.26. The van der Waals surface area contributed by atoms with Gasteiger partial charge in [0.05, 0.1) is 29.8 Å². The number of fused-ring (bicyclic) bond motifs is 3. The van der Waals surface area contributed by atoms with Gasteiger partial charge in [-0.25, -0.2) is 0 Å². The number of phenolic OH excluding ortho intramolecular Hbond substituents is 1. The van der Waals surface area contributed by atoms with Crippen LogP contribution in [0.1, 0.15) is 68.1 Å². The average molecular weight is 861 g/mol. The Hall–Kier alpha value is -5.65. The van der Waals surface area contributed by atoms with Crippen LogP contribution >= 0.6 is 7.26 Å². The van der Waals surface area contributed by atoms with Crippen molar-refractivity contribution < 1.29 is 44.7 Å². The molecule has 3 aliphatic carbocycles. The molecule has 4 aromatic rings. The number of nitrogens with one attached hydrogen (secondary N) is 1. The molecule has 0 spiro atoms. The van der Waals surface area contributed by atoms with Gasteiger partial charge in [0.25, 0.3) is 5.91 Å². The Labute approximate surface area is 362 Å². The number of likely N-dealkylation sites (N-methyl/N-ethyl adjacent to an activating group) is 1. The number of amides is 2. The molecule has 6 atom stereocenters. The molecule has 3 aliphatic rings. The van der Waals surface area contributed by atoms with Gasteiger partial charge in [0.2, 0.25) is 11.7 Å². The number of carbonyl (C=O) groups excluding carboxylic acids is 4. The number of carbonyl (C=O) groups is 4. The van der Waals surface area contributed by atoms with E-state index in [0.29, 0.717) is 12.0 Å². The maximum absolute atomic E-state index is 14.3. The van der Waals surface area contributed by atoms with Gasteiger partial charge in [-0.1, -0.05) is 86.5 Å². The van der Waals surface area contributed by atoms with Crippen LogP contribution in [-0.2, 0) is 25.7 Å². The summed E-state index contributed by atoms with van der Waals surface area (Å²) in [4.78, 5) is 54.4. The molecule has 0 radical (unpaired) electrons. The summed E-state index contributed by atoms with van der Waals surface area (Å²) in [6, 6.07) is 34.2. The number of unbranched alkanes of at least 4 members (excludes halogenated alkanes) is 4. The molecular weight excluding hydrogens is 806 g/mol. The van der Waals surface area contributed by atoms with Crippen LogP contribution in [0, 0.1) is 11.8 Å². The van der Waals surface area contributed by atoms with E-state index in [1.165, 1.54) is 34.9 Å². The van der Waals surface area contributed by atoms with E-state index in [4.69, 9.17) is 5.73 Å². The van der Waals surface area contributed by atoms with Gasteiger partial charge in [-0.3, -0.25) is 24.1 Å². The number of phenols is 1. The topological polar surface area (TPSA) is 211 Å². The van der Waals surface area contributed by atoms with Crippen molar-refractivity contribution >= 4 is 52.3 Å². The number of nitrogens with two attached hydrogens (primary N) is 1. The van der Waals surface area contributed by atoms with Crippen LogP contribution in [0.2, 0.25) is 0 Å². The number of rotatable bonds is 15. The minimum Gasteiger partial charge on any atom is -0.508 e. The van der Waals surface area contributed by atoms with Crippen LogP contribution in [-0.4, -0.2) is 91.8 Å². The van der Waals surface area contributed by atoms with Crippen LogP contribution in [0.3, 0.4) is 0 Å². The lowest BCUT2D eigenvalue weighted by molar-refractivity contribution is -0.169. The summed E-state index contributed by atoms with van der Waals surface area (Å²) >= 11 is 0. The first-order valence-electron chi connectivity index (χ1n) is 21.2. The van der Waals surface area contributed by atoms with Gasteiger partial charge < -0.3 is 36.6 Å². The van der Waals surface area contributed by atoms with Crippen molar-refractivity contribution in [2.75, 3.05) is 20.3 Å². The molecule has 4 aromatic carbocycles. The normalized spacial score (nSPS) is 23.5. The third-order valence-electron chi connectivity index (χ3n) is 13.2. The third-order valence-corrected chi connectivity index (χ3v) is 17.7. The van der Waals surface area contributed by atoms with E-state index >= 15 is 0 Å². The molecule has 0 aromatic heterocycles. The number of benzene rings is 4. The number of nitrogens with zero attached hydrogens (tertiary/aromatic N) is 1. The zero-order chi connectivity index (χ0) is 44.5. The summed E-state index contributed by atoms with van der Waals surface area (Å²) in [5.41, 5.74) is 1.50. The Morgan fingerprint density at radius 1 is 0.790 bits per heavy atom. The third kappa shape index (κ3) is 7.53. The standard InChI is InChI=1S/C49H54N3O9P/c1-29-34-26-25-30(42(54)37(34)43(55)38-36(29)44(56)40-41(52(2)3)45(57)39(48(50)60)47(59)49(40,61)46(38)58)28-51-35(53)24-16-5-4-6-17-27-62(31-18-10-7-11-19-31,32-20-12-8-13-21-32)33-22-14-9-15-23-33/h7-15,18-23,25-26,29,36,40-41,44,56,61H,4-6,16-17,24,27-28H2,1-3H3,(H5-,50,51,53,54,55,57,58,59,60)/p+1/t29-,36+,40+,41-,44-,49-/m0/s1. The zero-order valence-corrected chi connectivity index (χ0v) is 36.1. The highest BCUT2D eigenvalue weighted by Crippen LogP contribution is 2.57. The Morgan fingerprint density at radius 2 is 1.32 bits per heavy atom. The van der Waals surface area contributed by atoms with Gasteiger partial charge in [0.1, 0.15) is 46.0 Å². The zero-order valence-electron chi connectivity index (χ0n) is 35.2. The summed E-state index contributed by atoms with van der Waals surface area (Å²) in [5, 5.41) is 65.0. The molecular formula is C49H55N3O9P+. The minimum absolute atomic E-state index is 0.0800. The Morgan fingerprint density at radius 3 is 1.85 bits per heavy atom. The fourth-order valence-electron chi connectivity index (χ4n) is 10.1. The first-order valence-corrected chi connectivity index (χ1v) is 23.1. The summed E-state index contributed by atoms with van der Waals surface area (Å²) < 4.78 is 0. The molecule has 0 heterocycles. The van der Waals surface area contributed by atoms with Crippen molar-refractivity contribution in [3.8, 4) is 5.75 Å². The van der Waals surface area contributed by atoms with Gasteiger partial charge in [0.15, 0.2) is 11.4 Å². The number of hydrogen-bond acceptors (Lipinski definition) is 10. The van der Waals surface area contributed by atoms with Gasteiger partial charge in [-0.2, -0.15) is 0 Å². The SMILES string of the molecule is C[C@H]1c2ccc(CNC(=O)CCCCCCC[P+](c3ccccc3)(c3ccccc3)c3ccccc3)c(O)c2C(O)=C2C(=O)[C@]3(O)C(O)=C(C(N)=O)C(=O)[C@@H](N(C)C)[C@@H]3[C@@H](O)[C@@H]21. The molecule has 0 aliphatic heterocycles. The van der Waals surface area contributed by atoms with E-state index in [1.54, 1.807) is 19.1 Å². The van der Waals surface area contributed by atoms with Gasteiger partial charge in [-0.15, -0.1) is 0 Å². The minimum atomic E-state index is -3.00.